The lowest BCUT2D eigenvalue weighted by Crippen LogP contribution is -2.22. The minimum Gasteiger partial charge on any atom is -0.465 e. The van der Waals surface area contributed by atoms with E-state index in [2.05, 4.69) is 68.7 Å². The molecule has 0 saturated heterocycles. The van der Waals surface area contributed by atoms with Crippen molar-refractivity contribution in [2.75, 3.05) is 12.0 Å². The smallest absolute Gasteiger partial charge is 0.337 e. The number of nitrogens with zero attached hydrogens (tertiary/aromatic N) is 1. The molecule has 0 atom stereocenters. The third kappa shape index (κ3) is 4.52. The van der Waals surface area contributed by atoms with Crippen LogP contribution < -0.4 is 4.90 Å². The molecule has 0 spiro atoms. The van der Waals surface area contributed by atoms with Gasteiger partial charge in [0.2, 0.25) is 0 Å². The zero-order chi connectivity index (χ0) is 20.2. The molecular formula is C24H20BrNO2S. The van der Waals surface area contributed by atoms with Crippen LogP contribution in [0.15, 0.2) is 82.6 Å². The maximum absolute atomic E-state index is 11.8. The Morgan fingerprint density at radius 1 is 1.00 bits per heavy atom. The second-order valence-corrected chi connectivity index (χ2v) is 8.61. The van der Waals surface area contributed by atoms with Crippen LogP contribution in [0.1, 0.15) is 21.5 Å². The Morgan fingerprint density at radius 2 is 1.76 bits per heavy atom. The summed E-state index contributed by atoms with van der Waals surface area (Å²) < 4.78 is 7.19. The number of ether oxygens (including phenoxy) is 1. The number of carbonyl (C=O) groups is 1. The first-order chi connectivity index (χ1) is 14.1. The minimum atomic E-state index is -0.319. The third-order valence-electron chi connectivity index (χ3n) is 4.85. The summed E-state index contributed by atoms with van der Waals surface area (Å²) in [4.78, 5) is 14.1. The molecule has 146 valence electrons. The number of fused-ring (bicyclic) bond motifs is 1. The van der Waals surface area contributed by atoms with Crippen LogP contribution in [0, 0.1) is 0 Å². The van der Waals surface area contributed by atoms with E-state index >= 15 is 0 Å². The molecule has 0 aliphatic carbocycles. The summed E-state index contributed by atoms with van der Waals surface area (Å²) in [6.07, 6.45) is 0. The van der Waals surface area contributed by atoms with Gasteiger partial charge in [0, 0.05) is 27.9 Å². The van der Waals surface area contributed by atoms with Gasteiger partial charge < -0.3 is 9.64 Å². The van der Waals surface area contributed by atoms with Gasteiger partial charge in [0.1, 0.15) is 0 Å². The van der Waals surface area contributed by atoms with Gasteiger partial charge in [-0.2, -0.15) is 0 Å². The molecule has 3 aromatic carbocycles. The third-order valence-corrected chi connectivity index (χ3v) is 6.34. The maximum Gasteiger partial charge on any atom is 0.337 e. The zero-order valence-corrected chi connectivity index (χ0v) is 18.4. The Labute approximate surface area is 182 Å². The average Bonchev–Trinajstić information content (AvgIpc) is 3.15. The number of esters is 1. The lowest BCUT2D eigenvalue weighted by molar-refractivity contribution is 0.0601. The van der Waals surface area contributed by atoms with Crippen LogP contribution in [0.4, 0.5) is 5.69 Å². The summed E-state index contributed by atoms with van der Waals surface area (Å²) >= 11 is 5.32. The highest BCUT2D eigenvalue weighted by Gasteiger charge is 2.13. The van der Waals surface area contributed by atoms with E-state index in [0.717, 1.165) is 23.2 Å². The molecule has 4 aromatic rings. The molecule has 0 radical (unpaired) electrons. The molecule has 3 nitrogen and oxygen atoms in total. The van der Waals surface area contributed by atoms with Gasteiger partial charge in [-0.15, -0.1) is 11.3 Å². The van der Waals surface area contributed by atoms with Gasteiger partial charge in [0.15, 0.2) is 0 Å². The predicted molar refractivity (Wildman–Crippen MR) is 124 cm³/mol. The van der Waals surface area contributed by atoms with Crippen molar-refractivity contribution in [3.63, 3.8) is 0 Å². The molecule has 5 heteroatoms. The Kier molecular flexibility index (Phi) is 5.97. The molecule has 0 fully saturated rings. The SMILES string of the molecule is COC(=O)c1ccc(N(Cc2ccccc2)Cc2csc3cc(Br)ccc23)cc1. The van der Waals surface area contributed by atoms with E-state index in [1.165, 1.54) is 28.3 Å². The van der Waals surface area contributed by atoms with Crippen LogP contribution in [0.25, 0.3) is 10.1 Å². The zero-order valence-electron chi connectivity index (χ0n) is 16.0. The second-order valence-electron chi connectivity index (χ2n) is 6.78. The van der Waals surface area contributed by atoms with Crippen LogP contribution in [-0.4, -0.2) is 13.1 Å². The standard InChI is InChI=1S/C24H20BrNO2S/c1-28-24(27)18-7-10-21(11-8-18)26(14-17-5-3-2-4-6-17)15-19-16-29-23-13-20(25)9-12-22(19)23/h2-13,16H,14-15H2,1H3. The first-order valence-electron chi connectivity index (χ1n) is 9.27. The normalized spacial score (nSPS) is 10.8. The van der Waals surface area contributed by atoms with Crippen LogP contribution in [0.5, 0.6) is 0 Å². The number of methoxy groups -OCH3 is 1. The summed E-state index contributed by atoms with van der Waals surface area (Å²) in [5.74, 6) is -0.319. The van der Waals surface area contributed by atoms with Gasteiger partial charge in [-0.1, -0.05) is 52.3 Å². The van der Waals surface area contributed by atoms with E-state index in [-0.39, 0.29) is 5.97 Å². The number of benzene rings is 3. The summed E-state index contributed by atoms with van der Waals surface area (Å²) in [6.45, 7) is 1.57. The summed E-state index contributed by atoms with van der Waals surface area (Å²) in [5.41, 5.74) is 4.16. The van der Waals surface area contributed by atoms with E-state index < -0.39 is 0 Å². The van der Waals surface area contributed by atoms with Crippen LogP contribution >= 0.6 is 27.3 Å². The summed E-state index contributed by atoms with van der Waals surface area (Å²) in [6, 6.07) is 24.5. The van der Waals surface area contributed by atoms with Crippen molar-refractivity contribution < 1.29 is 9.53 Å². The van der Waals surface area contributed by atoms with Crippen molar-refractivity contribution >= 4 is 49.0 Å². The summed E-state index contributed by atoms with van der Waals surface area (Å²) in [7, 11) is 1.40. The quantitative estimate of drug-likeness (QED) is 0.298. The van der Waals surface area contributed by atoms with E-state index in [4.69, 9.17) is 4.74 Å². The lowest BCUT2D eigenvalue weighted by Gasteiger charge is -2.25. The van der Waals surface area contributed by atoms with Gasteiger partial charge in [-0.3, -0.25) is 0 Å². The van der Waals surface area contributed by atoms with E-state index in [1.807, 2.05) is 30.3 Å². The van der Waals surface area contributed by atoms with Crippen molar-refractivity contribution in [3.8, 4) is 0 Å². The molecule has 0 unspecified atom stereocenters. The number of carbonyl (C=O) groups excluding carboxylic acids is 1. The van der Waals surface area contributed by atoms with E-state index in [9.17, 15) is 4.79 Å². The van der Waals surface area contributed by atoms with Crippen LogP contribution in [0.2, 0.25) is 0 Å². The number of rotatable bonds is 6. The Morgan fingerprint density at radius 3 is 2.48 bits per heavy atom. The summed E-state index contributed by atoms with van der Waals surface area (Å²) in [5, 5.41) is 3.51. The highest BCUT2D eigenvalue weighted by molar-refractivity contribution is 9.10. The van der Waals surface area contributed by atoms with Gasteiger partial charge in [0.05, 0.1) is 12.7 Å². The molecule has 0 N–H and O–H groups in total. The Bertz CT molecular complexity index is 1120. The number of hydrogen-bond acceptors (Lipinski definition) is 4. The largest absolute Gasteiger partial charge is 0.465 e. The van der Waals surface area contributed by atoms with Crippen molar-refractivity contribution in [3.05, 3.63) is 99.3 Å². The highest BCUT2D eigenvalue weighted by atomic mass is 79.9. The average molecular weight is 466 g/mol. The first kappa shape index (κ1) is 19.7. The van der Waals surface area contributed by atoms with Crippen molar-refractivity contribution in [1.82, 2.24) is 0 Å². The molecule has 29 heavy (non-hydrogen) atoms. The van der Waals surface area contributed by atoms with E-state index in [0.29, 0.717) is 5.56 Å². The number of anilines is 1. The molecule has 0 bridgehead atoms. The molecule has 4 rings (SSSR count). The molecule has 0 amide bonds. The molecule has 1 heterocycles. The Balaban J connectivity index is 1.67. The molecular weight excluding hydrogens is 446 g/mol. The number of hydrogen-bond donors (Lipinski definition) is 0. The number of halogens is 1. The molecule has 0 aliphatic rings. The predicted octanol–water partition coefficient (Wildman–Crippen LogP) is 6.66. The fraction of sp³-hybridized carbons (Fsp3) is 0.125. The minimum absolute atomic E-state index is 0.319. The second kappa shape index (κ2) is 8.80. The first-order valence-corrected chi connectivity index (χ1v) is 10.9. The van der Waals surface area contributed by atoms with Gasteiger partial charge in [-0.05, 0) is 58.3 Å². The monoisotopic (exact) mass is 465 g/mol. The molecule has 0 saturated carbocycles. The van der Waals surface area contributed by atoms with Gasteiger partial charge >= 0.3 is 5.97 Å². The topological polar surface area (TPSA) is 29.5 Å². The highest BCUT2D eigenvalue weighted by Crippen LogP contribution is 2.31. The van der Waals surface area contributed by atoms with Gasteiger partial charge in [-0.25, -0.2) is 4.79 Å². The lowest BCUT2D eigenvalue weighted by atomic mass is 10.1. The van der Waals surface area contributed by atoms with Crippen LogP contribution in [0.3, 0.4) is 0 Å². The van der Waals surface area contributed by atoms with Crippen LogP contribution in [-0.2, 0) is 17.8 Å². The number of thiophene rings is 1. The Hall–Kier alpha value is -2.63. The molecule has 0 aliphatic heterocycles. The fourth-order valence-corrected chi connectivity index (χ4v) is 4.86. The van der Waals surface area contributed by atoms with E-state index in [1.54, 1.807) is 11.3 Å². The maximum atomic E-state index is 11.8. The van der Waals surface area contributed by atoms with Crippen molar-refractivity contribution in [1.29, 1.82) is 0 Å². The fourth-order valence-electron chi connectivity index (χ4n) is 3.35. The van der Waals surface area contributed by atoms with Gasteiger partial charge in [0.25, 0.3) is 0 Å². The van der Waals surface area contributed by atoms with Crippen molar-refractivity contribution in [2.24, 2.45) is 0 Å². The molecule has 1 aromatic heterocycles. The van der Waals surface area contributed by atoms with Crippen molar-refractivity contribution in [2.45, 2.75) is 13.1 Å².